The Hall–Kier alpha value is -1.75. The van der Waals surface area contributed by atoms with Crippen LogP contribution in [0, 0.1) is 24.1 Å². The molecule has 1 aromatic carbocycles. The number of halogens is 1. The predicted molar refractivity (Wildman–Crippen MR) is 74.2 cm³/mol. The fourth-order valence-electron chi connectivity index (χ4n) is 1.66. The summed E-state index contributed by atoms with van der Waals surface area (Å²) in [7, 11) is -3.92. The summed E-state index contributed by atoms with van der Waals surface area (Å²) in [5.74, 6) is -0.845. The van der Waals surface area contributed by atoms with E-state index in [9.17, 15) is 12.8 Å². The zero-order chi connectivity index (χ0) is 14.8. The summed E-state index contributed by atoms with van der Waals surface area (Å²) in [5.41, 5.74) is 0.514. The minimum Gasteiger partial charge on any atom is -0.207 e. The highest BCUT2D eigenvalue weighted by Gasteiger charge is 2.21. The largest absolute Gasteiger partial charge is 0.242 e. The van der Waals surface area contributed by atoms with Gasteiger partial charge >= 0.3 is 0 Å². The topological polar surface area (TPSA) is 70.0 Å². The molecule has 2 aromatic rings. The fourth-order valence-corrected chi connectivity index (χ4v) is 3.76. The predicted octanol–water partition coefficient (Wildman–Crippen LogP) is 2.55. The molecule has 1 aromatic heterocycles. The van der Waals surface area contributed by atoms with Crippen molar-refractivity contribution in [2.45, 2.75) is 18.4 Å². The number of aryl methyl sites for hydroxylation is 1. The zero-order valence-corrected chi connectivity index (χ0v) is 12.2. The molecule has 104 valence electrons. The molecule has 0 bridgehead atoms. The van der Waals surface area contributed by atoms with Gasteiger partial charge in [0.15, 0.2) is 0 Å². The molecule has 20 heavy (non-hydrogen) atoms. The van der Waals surface area contributed by atoms with Crippen molar-refractivity contribution in [2.75, 3.05) is 0 Å². The average Bonchev–Trinajstić information content (AvgIpc) is 2.82. The van der Waals surface area contributed by atoms with E-state index >= 15 is 0 Å². The summed E-state index contributed by atoms with van der Waals surface area (Å²) >= 11 is 1.43. The number of benzene rings is 1. The van der Waals surface area contributed by atoms with Gasteiger partial charge in [-0.1, -0.05) is 6.07 Å². The number of nitrogens with one attached hydrogen (secondary N) is 1. The van der Waals surface area contributed by atoms with Crippen LogP contribution in [0.5, 0.6) is 0 Å². The zero-order valence-electron chi connectivity index (χ0n) is 10.6. The molecule has 0 unspecified atom stereocenters. The van der Waals surface area contributed by atoms with Gasteiger partial charge in [-0.3, -0.25) is 0 Å². The Labute approximate surface area is 120 Å². The van der Waals surface area contributed by atoms with Gasteiger partial charge in [0, 0.05) is 11.4 Å². The molecule has 0 radical (unpaired) electrons. The third-order valence-corrected chi connectivity index (χ3v) is 5.23. The van der Waals surface area contributed by atoms with E-state index in [0.29, 0.717) is 0 Å². The second-order valence-electron chi connectivity index (χ2n) is 4.08. The van der Waals surface area contributed by atoms with Crippen molar-refractivity contribution in [3.63, 3.8) is 0 Å². The van der Waals surface area contributed by atoms with Crippen LogP contribution in [-0.2, 0) is 16.6 Å². The lowest BCUT2D eigenvalue weighted by atomic mass is 10.2. The number of hydrogen-bond acceptors (Lipinski definition) is 4. The van der Waals surface area contributed by atoms with Gasteiger partial charge in [0.1, 0.15) is 22.3 Å². The molecular formula is C13H11FN2O2S2. The first-order valence-corrected chi connectivity index (χ1v) is 8.03. The number of hydrogen-bond donors (Lipinski definition) is 1. The summed E-state index contributed by atoms with van der Waals surface area (Å²) in [5, 5.41) is 10.7. The van der Waals surface area contributed by atoms with Crippen LogP contribution >= 0.6 is 11.3 Å². The van der Waals surface area contributed by atoms with Crippen LogP contribution in [0.4, 0.5) is 4.39 Å². The number of nitrogens with zero attached hydrogens (tertiary/aromatic N) is 1. The molecule has 7 heteroatoms. The molecule has 4 nitrogen and oxygen atoms in total. The maximum atomic E-state index is 13.4. The number of rotatable bonds is 4. The summed E-state index contributed by atoms with van der Waals surface area (Å²) in [6, 6.07) is 7.00. The van der Waals surface area contributed by atoms with Crippen LogP contribution in [0.15, 0.2) is 34.5 Å². The van der Waals surface area contributed by atoms with E-state index in [1.54, 1.807) is 6.07 Å². The van der Waals surface area contributed by atoms with Crippen LogP contribution in [0.2, 0.25) is 0 Å². The van der Waals surface area contributed by atoms with Gasteiger partial charge in [-0.2, -0.15) is 5.26 Å². The maximum Gasteiger partial charge on any atom is 0.242 e. The minimum atomic E-state index is -3.92. The van der Waals surface area contributed by atoms with Crippen molar-refractivity contribution >= 4 is 21.4 Å². The van der Waals surface area contributed by atoms with E-state index in [4.69, 9.17) is 5.26 Å². The van der Waals surface area contributed by atoms with E-state index in [0.717, 1.165) is 16.5 Å². The lowest BCUT2D eigenvalue weighted by Crippen LogP contribution is -2.24. The van der Waals surface area contributed by atoms with Gasteiger partial charge in [0.05, 0.1) is 0 Å². The Morgan fingerprint density at radius 3 is 2.75 bits per heavy atom. The molecule has 1 heterocycles. The highest BCUT2D eigenvalue weighted by molar-refractivity contribution is 7.89. The molecule has 0 aliphatic carbocycles. The number of nitriles is 1. The standard InChI is InChI=1S/C13H11FN2O2S2/c1-9-5-6-19-12(9)8-16-20(17,18)13-4-2-3-11(14)10(13)7-15/h2-6,16H,8H2,1H3. The smallest absolute Gasteiger partial charge is 0.207 e. The molecule has 1 N–H and O–H groups in total. The third kappa shape index (κ3) is 2.88. The Kier molecular flexibility index (Phi) is 4.18. The van der Waals surface area contributed by atoms with Crippen LogP contribution < -0.4 is 4.72 Å². The number of thiophene rings is 1. The quantitative estimate of drug-likeness (QED) is 0.943. The monoisotopic (exact) mass is 310 g/mol. The third-order valence-electron chi connectivity index (χ3n) is 2.77. The van der Waals surface area contributed by atoms with Crippen molar-refractivity contribution in [1.82, 2.24) is 4.72 Å². The highest BCUT2D eigenvalue weighted by atomic mass is 32.2. The first-order chi connectivity index (χ1) is 9.45. The molecule has 0 spiro atoms. The summed E-state index contributed by atoms with van der Waals surface area (Å²) in [4.78, 5) is 0.540. The van der Waals surface area contributed by atoms with Gasteiger partial charge in [0.25, 0.3) is 0 Å². The van der Waals surface area contributed by atoms with Gasteiger partial charge < -0.3 is 0 Å². The van der Waals surface area contributed by atoms with Gasteiger partial charge in [-0.05, 0) is 36.1 Å². The van der Waals surface area contributed by atoms with E-state index in [-0.39, 0.29) is 11.4 Å². The minimum absolute atomic E-state index is 0.118. The maximum absolute atomic E-state index is 13.4. The van der Waals surface area contributed by atoms with Crippen molar-refractivity contribution < 1.29 is 12.8 Å². The van der Waals surface area contributed by atoms with E-state index in [2.05, 4.69) is 4.72 Å². The Morgan fingerprint density at radius 1 is 1.40 bits per heavy atom. The summed E-state index contributed by atoms with van der Waals surface area (Å²) < 4.78 is 40.1. The van der Waals surface area contributed by atoms with Crippen LogP contribution in [-0.4, -0.2) is 8.42 Å². The Morgan fingerprint density at radius 2 is 2.15 bits per heavy atom. The first-order valence-electron chi connectivity index (χ1n) is 5.67. The van der Waals surface area contributed by atoms with E-state index in [1.807, 2.05) is 18.4 Å². The lowest BCUT2D eigenvalue weighted by molar-refractivity contribution is 0.576. The molecule has 2 rings (SSSR count). The van der Waals surface area contributed by atoms with E-state index < -0.39 is 21.4 Å². The molecule has 0 saturated heterocycles. The van der Waals surface area contributed by atoms with Gasteiger partial charge in [-0.15, -0.1) is 11.3 Å². The van der Waals surface area contributed by atoms with E-state index in [1.165, 1.54) is 23.5 Å². The van der Waals surface area contributed by atoms with Crippen LogP contribution in [0.25, 0.3) is 0 Å². The van der Waals surface area contributed by atoms with Gasteiger partial charge in [0.2, 0.25) is 10.0 Å². The molecular weight excluding hydrogens is 299 g/mol. The molecule has 0 aliphatic rings. The van der Waals surface area contributed by atoms with Crippen molar-refractivity contribution in [3.8, 4) is 6.07 Å². The summed E-state index contributed by atoms with van der Waals surface area (Å²) in [6.45, 7) is 2.00. The second-order valence-corrected chi connectivity index (χ2v) is 6.81. The lowest BCUT2D eigenvalue weighted by Gasteiger charge is -2.08. The highest BCUT2D eigenvalue weighted by Crippen LogP contribution is 2.20. The van der Waals surface area contributed by atoms with Crippen LogP contribution in [0.3, 0.4) is 0 Å². The number of sulfonamides is 1. The average molecular weight is 310 g/mol. The second kappa shape index (κ2) is 5.71. The van der Waals surface area contributed by atoms with Crippen molar-refractivity contribution in [1.29, 1.82) is 5.26 Å². The molecule has 0 fully saturated rings. The Bertz CT molecular complexity index is 776. The Balaban J connectivity index is 2.30. The van der Waals surface area contributed by atoms with Crippen molar-refractivity contribution in [3.05, 3.63) is 51.5 Å². The molecule has 0 aliphatic heterocycles. The molecule has 0 atom stereocenters. The molecule has 0 saturated carbocycles. The fraction of sp³-hybridized carbons (Fsp3) is 0.154. The van der Waals surface area contributed by atoms with Gasteiger partial charge in [-0.25, -0.2) is 17.5 Å². The molecule has 0 amide bonds. The van der Waals surface area contributed by atoms with Crippen molar-refractivity contribution in [2.24, 2.45) is 0 Å². The SMILES string of the molecule is Cc1ccsc1CNS(=O)(=O)c1cccc(F)c1C#N. The summed E-state index contributed by atoms with van der Waals surface area (Å²) in [6.07, 6.45) is 0. The van der Waals surface area contributed by atoms with Crippen LogP contribution in [0.1, 0.15) is 16.0 Å². The normalized spacial score (nSPS) is 11.2. The first kappa shape index (κ1) is 14.7.